The number of carbonyl (C=O) groups excluding carboxylic acids is 1. The summed E-state index contributed by atoms with van der Waals surface area (Å²) < 4.78 is 0. The highest BCUT2D eigenvalue weighted by Gasteiger charge is 2.51. The molecule has 2 nitrogen and oxygen atoms in total. The Morgan fingerprint density at radius 1 is 1.14 bits per heavy atom. The molecule has 118 valence electrons. The molecule has 0 aliphatic heterocycles. The summed E-state index contributed by atoms with van der Waals surface area (Å²) in [4.78, 5) is 12.4. The van der Waals surface area contributed by atoms with Gasteiger partial charge in [-0.15, -0.1) is 0 Å². The summed E-state index contributed by atoms with van der Waals surface area (Å²) in [6, 6.07) is 7.73. The Balaban J connectivity index is 1.36. The molecule has 22 heavy (non-hydrogen) atoms. The average molecular weight is 318 g/mol. The molecule has 0 radical (unpaired) electrons. The molecule has 0 unspecified atom stereocenters. The van der Waals surface area contributed by atoms with E-state index in [1.807, 2.05) is 24.3 Å². The number of nitrogens with one attached hydrogen (secondary N) is 1. The van der Waals surface area contributed by atoms with E-state index in [9.17, 15) is 4.79 Å². The van der Waals surface area contributed by atoms with Crippen molar-refractivity contribution in [3.63, 3.8) is 0 Å². The minimum Gasteiger partial charge on any atom is -0.352 e. The average Bonchev–Trinajstić information content (AvgIpc) is 2.43. The minimum absolute atomic E-state index is 0.224. The van der Waals surface area contributed by atoms with Crippen molar-refractivity contribution in [1.29, 1.82) is 0 Å². The Kier molecular flexibility index (Phi) is 3.68. The Morgan fingerprint density at radius 2 is 1.77 bits per heavy atom. The first-order valence-corrected chi connectivity index (χ1v) is 8.99. The second-order valence-corrected chi connectivity index (χ2v) is 8.44. The SMILES string of the molecule is O=C(CC12CC3CC(CC(C3)C1)C2)NCc1cccc(Cl)c1. The van der Waals surface area contributed by atoms with Crippen LogP contribution < -0.4 is 5.32 Å². The number of rotatable bonds is 4. The number of amides is 1. The van der Waals surface area contributed by atoms with Gasteiger partial charge in [0, 0.05) is 18.0 Å². The molecule has 1 amide bonds. The van der Waals surface area contributed by atoms with Crippen LogP contribution in [0, 0.1) is 23.2 Å². The van der Waals surface area contributed by atoms with Crippen molar-refractivity contribution >= 4 is 17.5 Å². The van der Waals surface area contributed by atoms with Crippen LogP contribution in [0.2, 0.25) is 5.02 Å². The zero-order valence-electron chi connectivity index (χ0n) is 13.0. The Morgan fingerprint density at radius 3 is 2.36 bits per heavy atom. The predicted octanol–water partition coefficient (Wildman–Crippen LogP) is 4.56. The van der Waals surface area contributed by atoms with Gasteiger partial charge in [-0.3, -0.25) is 4.79 Å². The van der Waals surface area contributed by atoms with E-state index in [0.717, 1.165) is 34.8 Å². The van der Waals surface area contributed by atoms with Crippen LogP contribution in [-0.2, 0) is 11.3 Å². The molecule has 0 saturated heterocycles. The molecule has 0 spiro atoms. The van der Waals surface area contributed by atoms with Crippen LogP contribution >= 0.6 is 11.6 Å². The molecule has 4 aliphatic carbocycles. The fourth-order valence-corrected chi connectivity index (χ4v) is 5.97. The zero-order chi connectivity index (χ0) is 15.2. The molecule has 4 aliphatic rings. The van der Waals surface area contributed by atoms with Crippen LogP contribution in [-0.4, -0.2) is 5.91 Å². The predicted molar refractivity (Wildman–Crippen MR) is 88.5 cm³/mol. The van der Waals surface area contributed by atoms with Crippen LogP contribution in [0.15, 0.2) is 24.3 Å². The van der Waals surface area contributed by atoms with Gasteiger partial charge in [0.2, 0.25) is 5.91 Å². The number of hydrogen-bond donors (Lipinski definition) is 1. The highest BCUT2D eigenvalue weighted by atomic mass is 35.5. The summed E-state index contributed by atoms with van der Waals surface area (Å²) in [6.45, 7) is 0.589. The Labute approximate surface area is 137 Å². The number of halogens is 1. The van der Waals surface area contributed by atoms with E-state index in [0.29, 0.717) is 12.0 Å². The summed E-state index contributed by atoms with van der Waals surface area (Å²) in [5.74, 6) is 2.95. The summed E-state index contributed by atoms with van der Waals surface area (Å²) in [5, 5.41) is 3.83. The largest absolute Gasteiger partial charge is 0.352 e. The standard InChI is InChI=1S/C19H24ClNO/c20-17-3-1-2-13(7-17)12-21-18(22)11-19-8-14-4-15(9-19)6-16(5-14)10-19/h1-3,7,14-16H,4-6,8-12H2,(H,21,22). The van der Waals surface area contributed by atoms with Gasteiger partial charge in [-0.1, -0.05) is 23.7 Å². The smallest absolute Gasteiger partial charge is 0.220 e. The van der Waals surface area contributed by atoms with Crippen molar-refractivity contribution in [2.75, 3.05) is 0 Å². The lowest BCUT2D eigenvalue weighted by atomic mass is 9.49. The molecule has 1 aromatic carbocycles. The lowest BCUT2D eigenvalue weighted by Crippen LogP contribution is -2.47. The fraction of sp³-hybridized carbons (Fsp3) is 0.632. The molecular formula is C19H24ClNO. The third kappa shape index (κ3) is 2.90. The van der Waals surface area contributed by atoms with E-state index in [4.69, 9.17) is 11.6 Å². The molecule has 4 saturated carbocycles. The van der Waals surface area contributed by atoms with Gasteiger partial charge in [0.15, 0.2) is 0 Å². The first-order chi connectivity index (χ1) is 10.6. The number of benzene rings is 1. The molecule has 1 aromatic rings. The lowest BCUT2D eigenvalue weighted by molar-refractivity contribution is -0.129. The molecule has 0 atom stereocenters. The van der Waals surface area contributed by atoms with Crippen molar-refractivity contribution in [3.05, 3.63) is 34.9 Å². The van der Waals surface area contributed by atoms with Gasteiger partial charge in [-0.2, -0.15) is 0 Å². The van der Waals surface area contributed by atoms with Gasteiger partial charge < -0.3 is 5.32 Å². The van der Waals surface area contributed by atoms with E-state index < -0.39 is 0 Å². The van der Waals surface area contributed by atoms with Gasteiger partial charge in [0.1, 0.15) is 0 Å². The molecular weight excluding hydrogens is 294 g/mol. The van der Waals surface area contributed by atoms with Crippen LogP contribution in [0.1, 0.15) is 50.5 Å². The molecule has 1 N–H and O–H groups in total. The first-order valence-electron chi connectivity index (χ1n) is 8.61. The molecule has 0 aromatic heterocycles. The van der Waals surface area contributed by atoms with E-state index >= 15 is 0 Å². The normalized spacial score (nSPS) is 35.6. The maximum Gasteiger partial charge on any atom is 0.220 e. The number of carbonyl (C=O) groups is 1. The monoisotopic (exact) mass is 317 g/mol. The molecule has 4 bridgehead atoms. The topological polar surface area (TPSA) is 29.1 Å². The Bertz CT molecular complexity index is 547. The van der Waals surface area contributed by atoms with Crippen molar-refractivity contribution in [3.8, 4) is 0 Å². The quantitative estimate of drug-likeness (QED) is 0.866. The van der Waals surface area contributed by atoms with E-state index in [-0.39, 0.29) is 5.91 Å². The summed E-state index contributed by atoms with van der Waals surface area (Å²) >= 11 is 5.99. The van der Waals surface area contributed by atoms with E-state index in [2.05, 4.69) is 5.32 Å². The highest BCUT2D eigenvalue weighted by Crippen LogP contribution is 2.61. The fourth-order valence-electron chi connectivity index (χ4n) is 5.76. The van der Waals surface area contributed by atoms with Crippen molar-refractivity contribution < 1.29 is 4.79 Å². The van der Waals surface area contributed by atoms with Gasteiger partial charge in [0.05, 0.1) is 0 Å². The maximum absolute atomic E-state index is 12.4. The second-order valence-electron chi connectivity index (χ2n) is 8.00. The van der Waals surface area contributed by atoms with Crippen LogP contribution in [0.5, 0.6) is 0 Å². The van der Waals surface area contributed by atoms with Gasteiger partial charge in [-0.25, -0.2) is 0 Å². The van der Waals surface area contributed by atoms with Crippen LogP contribution in [0.3, 0.4) is 0 Å². The second kappa shape index (κ2) is 5.56. The van der Waals surface area contributed by atoms with Crippen molar-refractivity contribution in [2.45, 2.75) is 51.5 Å². The van der Waals surface area contributed by atoms with Crippen LogP contribution in [0.4, 0.5) is 0 Å². The lowest BCUT2D eigenvalue weighted by Gasteiger charge is -2.56. The molecule has 4 fully saturated rings. The molecule has 3 heteroatoms. The van der Waals surface area contributed by atoms with E-state index in [1.54, 1.807) is 0 Å². The zero-order valence-corrected chi connectivity index (χ0v) is 13.7. The van der Waals surface area contributed by atoms with Gasteiger partial charge >= 0.3 is 0 Å². The number of hydrogen-bond acceptors (Lipinski definition) is 1. The van der Waals surface area contributed by atoms with Gasteiger partial charge in [-0.05, 0) is 79.4 Å². The Hall–Kier alpha value is -1.02. The van der Waals surface area contributed by atoms with E-state index in [1.165, 1.54) is 38.5 Å². The first kappa shape index (κ1) is 14.6. The minimum atomic E-state index is 0.224. The van der Waals surface area contributed by atoms with Crippen molar-refractivity contribution in [2.24, 2.45) is 23.2 Å². The molecule has 5 rings (SSSR count). The van der Waals surface area contributed by atoms with Gasteiger partial charge in [0.25, 0.3) is 0 Å². The summed E-state index contributed by atoms with van der Waals surface area (Å²) in [5.41, 5.74) is 1.40. The highest BCUT2D eigenvalue weighted by molar-refractivity contribution is 6.30. The third-order valence-electron chi connectivity index (χ3n) is 6.08. The third-order valence-corrected chi connectivity index (χ3v) is 6.31. The van der Waals surface area contributed by atoms with Crippen LogP contribution in [0.25, 0.3) is 0 Å². The van der Waals surface area contributed by atoms with Crippen molar-refractivity contribution in [1.82, 2.24) is 5.32 Å². The summed E-state index contributed by atoms with van der Waals surface area (Å²) in [6.07, 6.45) is 8.92. The molecule has 0 heterocycles. The maximum atomic E-state index is 12.4. The summed E-state index contributed by atoms with van der Waals surface area (Å²) in [7, 11) is 0.